The monoisotopic (exact) mass is 327 g/mol. The van der Waals surface area contributed by atoms with Gasteiger partial charge in [-0.3, -0.25) is 4.79 Å². The van der Waals surface area contributed by atoms with Crippen molar-refractivity contribution in [2.75, 3.05) is 18.5 Å². The first-order valence-electron chi connectivity index (χ1n) is 8.31. The summed E-state index contributed by atoms with van der Waals surface area (Å²) < 4.78 is 11.2. The van der Waals surface area contributed by atoms with Gasteiger partial charge < -0.3 is 14.8 Å². The minimum Gasteiger partial charge on any atom is -0.493 e. The largest absolute Gasteiger partial charge is 0.493 e. The maximum absolute atomic E-state index is 12.1. The van der Waals surface area contributed by atoms with E-state index in [-0.39, 0.29) is 12.5 Å². The van der Waals surface area contributed by atoms with Gasteiger partial charge in [0.1, 0.15) is 11.5 Å². The van der Waals surface area contributed by atoms with E-state index in [0.717, 1.165) is 29.8 Å². The Morgan fingerprint density at radius 3 is 2.50 bits per heavy atom. The lowest BCUT2D eigenvalue weighted by Gasteiger charge is -2.11. The summed E-state index contributed by atoms with van der Waals surface area (Å²) in [6, 6.07) is 13.3. The summed E-state index contributed by atoms with van der Waals surface area (Å²) in [5.41, 5.74) is 3.02. The van der Waals surface area contributed by atoms with Crippen molar-refractivity contribution in [1.82, 2.24) is 0 Å². The Labute approximate surface area is 143 Å². The Balaban J connectivity index is 1.86. The highest BCUT2D eigenvalue weighted by atomic mass is 16.5. The average Bonchev–Trinajstić information content (AvgIpc) is 2.56. The number of carbonyl (C=O) groups excluding carboxylic acids is 1. The number of rotatable bonds is 8. The van der Waals surface area contributed by atoms with E-state index in [1.165, 1.54) is 5.56 Å². The molecule has 0 saturated carbocycles. The molecule has 1 amide bonds. The van der Waals surface area contributed by atoms with Gasteiger partial charge in [-0.1, -0.05) is 37.1 Å². The number of hydrogen-bond acceptors (Lipinski definition) is 3. The number of hydrogen-bond donors (Lipinski definition) is 1. The molecule has 0 atom stereocenters. The van der Waals surface area contributed by atoms with E-state index in [2.05, 4.69) is 12.2 Å². The van der Waals surface area contributed by atoms with Gasteiger partial charge in [0.15, 0.2) is 6.61 Å². The lowest BCUT2D eigenvalue weighted by atomic mass is 10.1. The van der Waals surface area contributed by atoms with Crippen molar-refractivity contribution in [3.05, 3.63) is 53.6 Å². The molecule has 1 N–H and O–H groups in total. The number of unbranched alkanes of at least 4 members (excludes halogenated alkanes) is 1. The Kier molecular flexibility index (Phi) is 6.67. The summed E-state index contributed by atoms with van der Waals surface area (Å²) in [6.07, 6.45) is 2.11. The van der Waals surface area contributed by atoms with Gasteiger partial charge in [-0.15, -0.1) is 0 Å². The number of anilines is 1. The summed E-state index contributed by atoms with van der Waals surface area (Å²) in [5, 5.41) is 2.87. The van der Waals surface area contributed by atoms with Gasteiger partial charge in [-0.2, -0.15) is 0 Å². The zero-order chi connectivity index (χ0) is 17.4. The van der Waals surface area contributed by atoms with Gasteiger partial charge in [0.05, 0.1) is 6.61 Å². The zero-order valence-corrected chi connectivity index (χ0v) is 14.6. The summed E-state index contributed by atoms with van der Waals surface area (Å²) in [6.45, 7) is 6.77. The Morgan fingerprint density at radius 2 is 1.79 bits per heavy atom. The molecule has 0 saturated heterocycles. The third kappa shape index (κ3) is 5.61. The molecule has 2 aromatic rings. The molecule has 4 nitrogen and oxygen atoms in total. The molecule has 0 aliphatic carbocycles. The van der Waals surface area contributed by atoms with E-state index in [1.54, 1.807) is 6.07 Å². The minimum absolute atomic E-state index is 0.0360. The molecule has 2 rings (SSSR count). The van der Waals surface area contributed by atoms with E-state index >= 15 is 0 Å². The maximum Gasteiger partial charge on any atom is 0.262 e. The zero-order valence-electron chi connectivity index (χ0n) is 14.6. The van der Waals surface area contributed by atoms with Crippen LogP contribution in [0.1, 0.15) is 30.9 Å². The smallest absolute Gasteiger partial charge is 0.262 e. The van der Waals surface area contributed by atoms with Crippen molar-refractivity contribution in [3.8, 4) is 11.5 Å². The first-order chi connectivity index (χ1) is 11.6. The van der Waals surface area contributed by atoms with Gasteiger partial charge >= 0.3 is 0 Å². The van der Waals surface area contributed by atoms with Crippen molar-refractivity contribution in [2.24, 2.45) is 0 Å². The van der Waals surface area contributed by atoms with E-state index in [9.17, 15) is 4.79 Å². The van der Waals surface area contributed by atoms with Crippen LogP contribution in [0.15, 0.2) is 42.5 Å². The molecular formula is C20H25NO3. The number of amides is 1. The lowest BCUT2D eigenvalue weighted by molar-refractivity contribution is -0.118. The van der Waals surface area contributed by atoms with Crippen molar-refractivity contribution < 1.29 is 14.3 Å². The normalized spacial score (nSPS) is 10.3. The van der Waals surface area contributed by atoms with Crippen molar-refractivity contribution >= 4 is 11.6 Å². The average molecular weight is 327 g/mol. The molecule has 0 aliphatic rings. The number of ether oxygens (including phenoxy) is 2. The SMILES string of the molecule is CCCCOc1cccc(OCC(=O)Nc2ccc(C)cc2C)c1. The van der Waals surface area contributed by atoms with Crippen LogP contribution in [0.2, 0.25) is 0 Å². The first kappa shape index (κ1) is 17.9. The Hall–Kier alpha value is -2.49. The summed E-state index contributed by atoms with van der Waals surface area (Å²) in [7, 11) is 0. The molecule has 0 bridgehead atoms. The fourth-order valence-corrected chi connectivity index (χ4v) is 2.28. The van der Waals surface area contributed by atoms with Crippen LogP contribution < -0.4 is 14.8 Å². The fraction of sp³-hybridized carbons (Fsp3) is 0.350. The molecular weight excluding hydrogens is 302 g/mol. The molecule has 2 aromatic carbocycles. The van der Waals surface area contributed by atoms with Crippen LogP contribution in [0.3, 0.4) is 0 Å². The first-order valence-corrected chi connectivity index (χ1v) is 8.31. The molecule has 128 valence electrons. The topological polar surface area (TPSA) is 47.6 Å². The van der Waals surface area contributed by atoms with Crippen LogP contribution in [0.4, 0.5) is 5.69 Å². The van der Waals surface area contributed by atoms with Crippen LogP contribution in [0.5, 0.6) is 11.5 Å². The van der Waals surface area contributed by atoms with E-state index in [4.69, 9.17) is 9.47 Å². The predicted octanol–water partition coefficient (Wildman–Crippen LogP) is 4.50. The summed E-state index contributed by atoms with van der Waals surface area (Å²) >= 11 is 0. The number of benzene rings is 2. The second kappa shape index (κ2) is 8.96. The standard InChI is InChI=1S/C20H25NO3/c1-4-5-11-23-17-7-6-8-18(13-17)24-14-20(22)21-19-10-9-15(2)12-16(19)3/h6-10,12-13H,4-5,11,14H2,1-3H3,(H,21,22). The van der Waals surface area contributed by atoms with Crippen LogP contribution in [-0.4, -0.2) is 19.1 Å². The number of aryl methyl sites for hydroxylation is 2. The second-order valence-electron chi connectivity index (χ2n) is 5.83. The Morgan fingerprint density at radius 1 is 1.04 bits per heavy atom. The predicted molar refractivity (Wildman–Crippen MR) is 96.9 cm³/mol. The third-order valence-corrected chi connectivity index (χ3v) is 3.60. The molecule has 0 radical (unpaired) electrons. The number of nitrogens with one attached hydrogen (secondary N) is 1. The quantitative estimate of drug-likeness (QED) is 0.726. The van der Waals surface area contributed by atoms with Crippen LogP contribution in [0.25, 0.3) is 0 Å². The Bertz CT molecular complexity index is 682. The van der Waals surface area contributed by atoms with Crippen molar-refractivity contribution in [2.45, 2.75) is 33.6 Å². The lowest BCUT2D eigenvalue weighted by Crippen LogP contribution is -2.20. The molecule has 0 heterocycles. The van der Waals surface area contributed by atoms with E-state index in [1.807, 2.05) is 50.2 Å². The summed E-state index contributed by atoms with van der Waals surface area (Å²) in [5.74, 6) is 1.20. The van der Waals surface area contributed by atoms with Crippen molar-refractivity contribution in [3.63, 3.8) is 0 Å². The van der Waals surface area contributed by atoms with Gasteiger partial charge in [0.2, 0.25) is 0 Å². The van der Waals surface area contributed by atoms with Gasteiger partial charge in [0.25, 0.3) is 5.91 Å². The molecule has 0 aromatic heterocycles. The minimum atomic E-state index is -0.181. The van der Waals surface area contributed by atoms with Crippen LogP contribution in [-0.2, 0) is 4.79 Å². The highest BCUT2D eigenvalue weighted by Crippen LogP contribution is 2.20. The van der Waals surface area contributed by atoms with Gasteiger partial charge in [0, 0.05) is 11.8 Å². The van der Waals surface area contributed by atoms with E-state index in [0.29, 0.717) is 12.4 Å². The second-order valence-corrected chi connectivity index (χ2v) is 5.83. The molecule has 4 heteroatoms. The molecule has 0 fully saturated rings. The van der Waals surface area contributed by atoms with E-state index < -0.39 is 0 Å². The number of carbonyl (C=O) groups is 1. The summed E-state index contributed by atoms with van der Waals surface area (Å²) in [4.78, 5) is 12.1. The van der Waals surface area contributed by atoms with Crippen molar-refractivity contribution in [1.29, 1.82) is 0 Å². The van der Waals surface area contributed by atoms with Gasteiger partial charge in [-0.25, -0.2) is 0 Å². The molecule has 0 unspecified atom stereocenters. The highest BCUT2D eigenvalue weighted by molar-refractivity contribution is 5.92. The van der Waals surface area contributed by atoms with Crippen LogP contribution in [0, 0.1) is 13.8 Å². The van der Waals surface area contributed by atoms with Gasteiger partial charge in [-0.05, 0) is 44.0 Å². The van der Waals surface area contributed by atoms with Crippen LogP contribution >= 0.6 is 0 Å². The maximum atomic E-state index is 12.1. The highest BCUT2D eigenvalue weighted by Gasteiger charge is 2.06. The fourth-order valence-electron chi connectivity index (χ4n) is 2.28. The molecule has 0 spiro atoms. The molecule has 0 aliphatic heterocycles. The third-order valence-electron chi connectivity index (χ3n) is 3.60. The molecule has 24 heavy (non-hydrogen) atoms.